The largest absolute Gasteiger partial charge is 0.486 e. The predicted octanol–water partition coefficient (Wildman–Crippen LogP) is 6.71. The zero-order valence-corrected chi connectivity index (χ0v) is 17.3. The molecular formula is C23H24BrFO3. The first-order valence-corrected chi connectivity index (χ1v) is 10.8. The minimum absolute atomic E-state index is 0.196. The summed E-state index contributed by atoms with van der Waals surface area (Å²) in [5, 5.41) is 1.54. The van der Waals surface area contributed by atoms with E-state index in [1.54, 1.807) is 30.3 Å². The van der Waals surface area contributed by atoms with Gasteiger partial charge in [-0.05, 0) is 49.2 Å². The molecule has 0 saturated carbocycles. The van der Waals surface area contributed by atoms with Crippen molar-refractivity contribution in [3.63, 3.8) is 0 Å². The highest BCUT2D eigenvalue weighted by Gasteiger charge is 2.17. The van der Waals surface area contributed by atoms with E-state index in [1.165, 1.54) is 31.4 Å². The highest BCUT2D eigenvalue weighted by molar-refractivity contribution is 9.09. The minimum atomic E-state index is -0.339. The molecule has 0 atom stereocenters. The summed E-state index contributed by atoms with van der Waals surface area (Å²) in [5.41, 5.74) is 0.915. The van der Waals surface area contributed by atoms with Crippen molar-refractivity contribution >= 4 is 26.9 Å². The molecule has 0 N–H and O–H groups in total. The minimum Gasteiger partial charge on any atom is -0.486 e. The SMILES string of the molecule is O=c1c(OCCCCCCCCBr)c(-c2ccc(F)cc2)oc2ccccc12. The monoisotopic (exact) mass is 446 g/mol. The number of rotatable bonds is 10. The van der Waals surface area contributed by atoms with Crippen LogP contribution in [0, 0.1) is 5.82 Å². The fraction of sp³-hybridized carbons (Fsp3) is 0.348. The van der Waals surface area contributed by atoms with Crippen LogP contribution in [0.25, 0.3) is 22.3 Å². The lowest BCUT2D eigenvalue weighted by Gasteiger charge is -2.12. The molecule has 0 radical (unpaired) electrons. The van der Waals surface area contributed by atoms with E-state index in [-0.39, 0.29) is 17.0 Å². The Labute approximate surface area is 172 Å². The van der Waals surface area contributed by atoms with Crippen molar-refractivity contribution < 1.29 is 13.5 Å². The van der Waals surface area contributed by atoms with Gasteiger partial charge in [-0.1, -0.05) is 53.7 Å². The number of benzene rings is 2. The molecule has 0 spiro atoms. The summed E-state index contributed by atoms with van der Waals surface area (Å²) in [7, 11) is 0. The molecule has 1 heterocycles. The van der Waals surface area contributed by atoms with Gasteiger partial charge < -0.3 is 9.15 Å². The normalized spacial score (nSPS) is 11.1. The molecule has 0 amide bonds. The molecule has 0 bridgehead atoms. The van der Waals surface area contributed by atoms with Gasteiger partial charge in [-0.15, -0.1) is 0 Å². The maximum absolute atomic E-state index is 13.3. The van der Waals surface area contributed by atoms with Gasteiger partial charge in [0, 0.05) is 10.9 Å². The molecule has 0 aliphatic rings. The molecule has 28 heavy (non-hydrogen) atoms. The Morgan fingerprint density at radius 1 is 0.893 bits per heavy atom. The topological polar surface area (TPSA) is 39.4 Å². The molecule has 0 aliphatic heterocycles. The van der Waals surface area contributed by atoms with Crippen molar-refractivity contribution in [1.82, 2.24) is 0 Å². The van der Waals surface area contributed by atoms with Crippen LogP contribution >= 0.6 is 15.9 Å². The van der Waals surface area contributed by atoms with Crippen LogP contribution in [-0.4, -0.2) is 11.9 Å². The predicted molar refractivity (Wildman–Crippen MR) is 115 cm³/mol. The summed E-state index contributed by atoms with van der Waals surface area (Å²) in [4.78, 5) is 13.0. The van der Waals surface area contributed by atoms with Crippen LogP contribution in [0.4, 0.5) is 4.39 Å². The second kappa shape index (κ2) is 10.4. The Balaban J connectivity index is 1.77. The third-order valence-electron chi connectivity index (χ3n) is 4.64. The molecule has 1 aromatic heterocycles. The van der Waals surface area contributed by atoms with E-state index in [2.05, 4.69) is 15.9 Å². The third kappa shape index (κ3) is 5.22. The molecule has 0 saturated heterocycles. The summed E-state index contributed by atoms with van der Waals surface area (Å²) in [6, 6.07) is 13.0. The van der Waals surface area contributed by atoms with E-state index < -0.39 is 0 Å². The Morgan fingerprint density at radius 2 is 1.57 bits per heavy atom. The molecule has 0 fully saturated rings. The first kappa shape index (κ1) is 20.6. The quantitative estimate of drug-likeness (QED) is 0.256. The molecular weight excluding hydrogens is 423 g/mol. The number of unbranched alkanes of at least 4 members (excludes halogenated alkanes) is 5. The number of hydrogen-bond donors (Lipinski definition) is 0. The smallest absolute Gasteiger partial charge is 0.235 e. The molecule has 5 heteroatoms. The Kier molecular flexibility index (Phi) is 7.66. The Hall–Kier alpha value is -2.14. The van der Waals surface area contributed by atoms with Crippen molar-refractivity contribution in [3.05, 3.63) is 64.6 Å². The first-order valence-electron chi connectivity index (χ1n) is 9.71. The molecule has 3 rings (SSSR count). The first-order chi connectivity index (χ1) is 13.7. The van der Waals surface area contributed by atoms with Crippen molar-refractivity contribution in [1.29, 1.82) is 0 Å². The highest BCUT2D eigenvalue weighted by atomic mass is 79.9. The van der Waals surface area contributed by atoms with E-state index in [0.717, 1.165) is 24.6 Å². The van der Waals surface area contributed by atoms with Gasteiger partial charge in [0.1, 0.15) is 11.4 Å². The van der Waals surface area contributed by atoms with E-state index in [9.17, 15) is 9.18 Å². The maximum atomic E-state index is 13.3. The van der Waals surface area contributed by atoms with Crippen LogP contribution in [0.15, 0.2) is 57.7 Å². The van der Waals surface area contributed by atoms with Crippen LogP contribution in [0.1, 0.15) is 38.5 Å². The van der Waals surface area contributed by atoms with Gasteiger partial charge in [0.25, 0.3) is 0 Å². The fourth-order valence-corrected chi connectivity index (χ4v) is 3.52. The van der Waals surface area contributed by atoms with Crippen LogP contribution in [0.2, 0.25) is 0 Å². The molecule has 0 aliphatic carbocycles. The number of para-hydroxylation sites is 1. The van der Waals surface area contributed by atoms with Crippen molar-refractivity contribution in [3.8, 4) is 17.1 Å². The van der Waals surface area contributed by atoms with Crippen molar-refractivity contribution in [2.75, 3.05) is 11.9 Å². The molecule has 2 aromatic carbocycles. The molecule has 0 unspecified atom stereocenters. The Morgan fingerprint density at radius 3 is 2.32 bits per heavy atom. The average molecular weight is 447 g/mol. The number of halogens is 2. The second-order valence-corrected chi connectivity index (χ2v) is 7.54. The van der Waals surface area contributed by atoms with Crippen LogP contribution < -0.4 is 10.2 Å². The lowest BCUT2D eigenvalue weighted by molar-refractivity contribution is 0.297. The van der Waals surface area contributed by atoms with E-state index in [0.29, 0.717) is 28.9 Å². The van der Waals surface area contributed by atoms with Gasteiger partial charge >= 0.3 is 0 Å². The third-order valence-corrected chi connectivity index (χ3v) is 5.20. The van der Waals surface area contributed by atoms with E-state index in [1.807, 2.05) is 6.07 Å². The second-order valence-electron chi connectivity index (χ2n) is 6.75. The fourth-order valence-electron chi connectivity index (χ4n) is 3.13. The van der Waals surface area contributed by atoms with Gasteiger partial charge in [-0.25, -0.2) is 4.39 Å². The average Bonchev–Trinajstić information content (AvgIpc) is 2.72. The number of fused-ring (bicyclic) bond motifs is 1. The summed E-state index contributed by atoms with van der Waals surface area (Å²) >= 11 is 3.44. The van der Waals surface area contributed by atoms with Gasteiger partial charge in [0.2, 0.25) is 11.2 Å². The van der Waals surface area contributed by atoms with E-state index in [4.69, 9.17) is 9.15 Å². The number of alkyl halides is 1. The van der Waals surface area contributed by atoms with Crippen LogP contribution in [-0.2, 0) is 0 Å². The molecule has 3 aromatic rings. The Bertz CT molecular complexity index is 950. The van der Waals surface area contributed by atoms with Gasteiger partial charge in [0.05, 0.1) is 12.0 Å². The summed E-state index contributed by atoms with van der Waals surface area (Å²) in [6.45, 7) is 0.454. The van der Waals surface area contributed by atoms with Crippen molar-refractivity contribution in [2.45, 2.75) is 38.5 Å². The van der Waals surface area contributed by atoms with Crippen molar-refractivity contribution in [2.24, 2.45) is 0 Å². The zero-order chi connectivity index (χ0) is 19.8. The van der Waals surface area contributed by atoms with Crippen LogP contribution in [0.3, 0.4) is 0 Å². The van der Waals surface area contributed by atoms with Gasteiger partial charge in [-0.3, -0.25) is 4.79 Å². The maximum Gasteiger partial charge on any atom is 0.235 e. The zero-order valence-electron chi connectivity index (χ0n) is 15.8. The molecule has 3 nitrogen and oxygen atoms in total. The standard InChI is InChI=1S/C23H24BrFO3/c24-15-7-3-1-2-4-8-16-27-23-21(26)19-9-5-6-10-20(19)28-22(23)17-11-13-18(25)14-12-17/h5-6,9-14H,1-4,7-8,15-16H2. The van der Waals surface area contributed by atoms with Gasteiger partial charge in [-0.2, -0.15) is 0 Å². The number of hydrogen-bond acceptors (Lipinski definition) is 3. The van der Waals surface area contributed by atoms with Crippen LogP contribution in [0.5, 0.6) is 5.75 Å². The lowest BCUT2D eigenvalue weighted by Crippen LogP contribution is -2.11. The van der Waals surface area contributed by atoms with E-state index >= 15 is 0 Å². The molecule has 148 valence electrons. The lowest BCUT2D eigenvalue weighted by atomic mass is 10.1. The summed E-state index contributed by atoms with van der Waals surface area (Å²) < 4.78 is 25.2. The van der Waals surface area contributed by atoms with Gasteiger partial charge in [0.15, 0.2) is 5.76 Å². The summed E-state index contributed by atoms with van der Waals surface area (Å²) in [5.74, 6) is 0.208. The summed E-state index contributed by atoms with van der Waals surface area (Å²) in [6.07, 6.45) is 6.75. The highest BCUT2D eigenvalue weighted by Crippen LogP contribution is 2.31. The number of ether oxygens (including phenoxy) is 1.